The molecule has 0 unspecified atom stereocenters. The largest absolute Gasteiger partial charge is 0.497 e. The molecular formula is C27H32N4O4. The Bertz CT molecular complexity index is 1130. The second-order valence-corrected chi connectivity index (χ2v) is 8.47. The van der Waals surface area contributed by atoms with Crippen molar-refractivity contribution in [3.63, 3.8) is 0 Å². The Hall–Kier alpha value is -3.81. The van der Waals surface area contributed by atoms with E-state index < -0.39 is 0 Å². The van der Waals surface area contributed by atoms with Gasteiger partial charge in [0.05, 0.1) is 14.2 Å². The molecule has 2 aromatic carbocycles. The number of amides is 1. The SMILES string of the molecule is CCc1ccc(Oc2cc(N3CCC(C(=O)NCc4ccc(OC)cc4OC)CC3)ncn2)cc1. The Balaban J connectivity index is 1.30. The van der Waals surface area contributed by atoms with Gasteiger partial charge in [-0.25, -0.2) is 9.97 Å². The molecule has 0 radical (unpaired) electrons. The molecule has 2 heterocycles. The van der Waals surface area contributed by atoms with Crippen molar-refractivity contribution >= 4 is 11.7 Å². The van der Waals surface area contributed by atoms with Crippen molar-refractivity contribution in [3.05, 3.63) is 66.0 Å². The fourth-order valence-electron chi connectivity index (χ4n) is 4.17. The molecule has 1 aliphatic heterocycles. The Morgan fingerprint density at radius 1 is 1.00 bits per heavy atom. The van der Waals surface area contributed by atoms with Crippen LogP contribution in [-0.2, 0) is 17.8 Å². The van der Waals surface area contributed by atoms with Crippen molar-refractivity contribution in [3.8, 4) is 23.1 Å². The van der Waals surface area contributed by atoms with Crippen molar-refractivity contribution in [2.45, 2.75) is 32.7 Å². The van der Waals surface area contributed by atoms with Crippen LogP contribution in [0.3, 0.4) is 0 Å². The van der Waals surface area contributed by atoms with E-state index in [1.165, 1.54) is 11.9 Å². The first kappa shape index (κ1) is 24.3. The van der Waals surface area contributed by atoms with Crippen LogP contribution in [0.15, 0.2) is 54.9 Å². The fourth-order valence-corrected chi connectivity index (χ4v) is 4.17. The third-order valence-corrected chi connectivity index (χ3v) is 6.32. The zero-order valence-corrected chi connectivity index (χ0v) is 20.5. The van der Waals surface area contributed by atoms with Gasteiger partial charge in [-0.1, -0.05) is 19.1 Å². The lowest BCUT2D eigenvalue weighted by Crippen LogP contribution is -2.40. The number of nitrogens with one attached hydrogen (secondary N) is 1. The molecule has 0 bridgehead atoms. The molecule has 1 N–H and O–H groups in total. The highest BCUT2D eigenvalue weighted by molar-refractivity contribution is 5.79. The summed E-state index contributed by atoms with van der Waals surface area (Å²) in [6.07, 6.45) is 4.02. The van der Waals surface area contributed by atoms with Crippen molar-refractivity contribution < 1.29 is 19.0 Å². The quantitative estimate of drug-likeness (QED) is 0.490. The maximum absolute atomic E-state index is 12.8. The van der Waals surface area contributed by atoms with Crippen LogP contribution in [0, 0.1) is 5.92 Å². The molecule has 0 atom stereocenters. The molecule has 1 fully saturated rings. The van der Waals surface area contributed by atoms with Crippen molar-refractivity contribution in [2.24, 2.45) is 5.92 Å². The first-order chi connectivity index (χ1) is 17.1. The first-order valence-electron chi connectivity index (χ1n) is 11.9. The van der Waals surface area contributed by atoms with Gasteiger partial charge in [0.2, 0.25) is 11.8 Å². The Morgan fingerprint density at radius 2 is 1.74 bits per heavy atom. The van der Waals surface area contributed by atoms with Gasteiger partial charge in [0.25, 0.3) is 0 Å². The summed E-state index contributed by atoms with van der Waals surface area (Å²) in [4.78, 5) is 23.6. The molecule has 0 aliphatic carbocycles. The summed E-state index contributed by atoms with van der Waals surface area (Å²) in [5, 5.41) is 3.06. The predicted octanol–water partition coefficient (Wildman–Crippen LogP) is 4.38. The Labute approximate surface area is 206 Å². The van der Waals surface area contributed by atoms with Gasteiger partial charge in [-0.3, -0.25) is 4.79 Å². The summed E-state index contributed by atoms with van der Waals surface area (Å²) in [5.41, 5.74) is 2.17. The van der Waals surface area contributed by atoms with Crippen LogP contribution >= 0.6 is 0 Å². The number of aromatic nitrogens is 2. The van der Waals surface area contributed by atoms with Crippen LogP contribution in [0.5, 0.6) is 23.1 Å². The van der Waals surface area contributed by atoms with Gasteiger partial charge in [-0.2, -0.15) is 0 Å². The fraction of sp³-hybridized carbons (Fsp3) is 0.370. The lowest BCUT2D eigenvalue weighted by Gasteiger charge is -2.32. The number of hydrogen-bond acceptors (Lipinski definition) is 7. The molecule has 1 saturated heterocycles. The molecule has 1 aliphatic rings. The minimum Gasteiger partial charge on any atom is -0.497 e. The number of aryl methyl sites for hydroxylation is 1. The number of piperidine rings is 1. The van der Waals surface area contributed by atoms with Gasteiger partial charge in [0.1, 0.15) is 29.4 Å². The predicted molar refractivity (Wildman–Crippen MR) is 134 cm³/mol. The summed E-state index contributed by atoms with van der Waals surface area (Å²) < 4.78 is 16.6. The smallest absolute Gasteiger partial charge is 0.224 e. The van der Waals surface area contributed by atoms with E-state index in [0.29, 0.717) is 18.2 Å². The molecule has 1 amide bonds. The highest BCUT2D eigenvalue weighted by Crippen LogP contribution is 2.27. The number of nitrogens with zero attached hydrogens (tertiary/aromatic N) is 3. The summed E-state index contributed by atoms with van der Waals surface area (Å²) in [6.45, 7) is 4.02. The van der Waals surface area contributed by atoms with Crippen LogP contribution in [-0.4, -0.2) is 43.2 Å². The summed E-state index contributed by atoms with van der Waals surface area (Å²) in [5.74, 6) is 3.50. The van der Waals surface area contributed by atoms with Crippen LogP contribution in [0.4, 0.5) is 5.82 Å². The highest BCUT2D eigenvalue weighted by Gasteiger charge is 2.26. The monoisotopic (exact) mass is 476 g/mol. The highest BCUT2D eigenvalue weighted by atomic mass is 16.5. The normalized spacial score (nSPS) is 13.9. The van der Waals surface area contributed by atoms with E-state index in [0.717, 1.165) is 55.2 Å². The van der Waals surface area contributed by atoms with Crippen LogP contribution in [0.25, 0.3) is 0 Å². The average Bonchev–Trinajstić information content (AvgIpc) is 2.92. The van der Waals surface area contributed by atoms with Gasteiger partial charge < -0.3 is 24.4 Å². The van der Waals surface area contributed by atoms with Crippen molar-refractivity contribution in [1.29, 1.82) is 0 Å². The van der Waals surface area contributed by atoms with Crippen molar-refractivity contribution in [1.82, 2.24) is 15.3 Å². The average molecular weight is 477 g/mol. The van der Waals surface area contributed by atoms with Gasteiger partial charge in [0, 0.05) is 43.2 Å². The molecule has 0 spiro atoms. The van der Waals surface area contributed by atoms with Gasteiger partial charge in [0.15, 0.2) is 0 Å². The van der Waals surface area contributed by atoms with E-state index >= 15 is 0 Å². The first-order valence-corrected chi connectivity index (χ1v) is 11.9. The van der Waals surface area contributed by atoms with E-state index in [2.05, 4.69) is 39.2 Å². The number of ether oxygens (including phenoxy) is 3. The Morgan fingerprint density at radius 3 is 2.43 bits per heavy atom. The molecule has 35 heavy (non-hydrogen) atoms. The van der Waals surface area contributed by atoms with Gasteiger partial charge in [-0.05, 0) is 49.1 Å². The van der Waals surface area contributed by atoms with Crippen LogP contribution in [0.1, 0.15) is 30.9 Å². The Kier molecular flexibility index (Phi) is 8.03. The minimum absolute atomic E-state index is 0.0369. The molecule has 3 aromatic rings. The van der Waals surface area contributed by atoms with E-state index in [1.807, 2.05) is 36.4 Å². The maximum Gasteiger partial charge on any atom is 0.224 e. The maximum atomic E-state index is 12.8. The van der Waals surface area contributed by atoms with E-state index in [-0.39, 0.29) is 11.8 Å². The molecule has 8 heteroatoms. The minimum atomic E-state index is -0.0369. The number of carbonyl (C=O) groups excluding carboxylic acids is 1. The van der Waals surface area contributed by atoms with Gasteiger partial charge >= 0.3 is 0 Å². The van der Waals surface area contributed by atoms with Crippen LogP contribution in [0.2, 0.25) is 0 Å². The molecule has 0 saturated carbocycles. The standard InChI is InChI=1S/C27H32N4O4/c1-4-19-5-8-22(9-6-19)35-26-16-25(29-18-30-26)31-13-11-20(12-14-31)27(32)28-17-21-7-10-23(33-2)15-24(21)34-3/h5-10,15-16,18,20H,4,11-14,17H2,1-3H3,(H,28,32). The lowest BCUT2D eigenvalue weighted by molar-refractivity contribution is -0.125. The molecule has 1 aromatic heterocycles. The molecule has 8 nitrogen and oxygen atoms in total. The number of carbonyl (C=O) groups is 1. The van der Waals surface area contributed by atoms with E-state index in [9.17, 15) is 4.79 Å². The number of methoxy groups -OCH3 is 2. The third-order valence-electron chi connectivity index (χ3n) is 6.32. The lowest BCUT2D eigenvalue weighted by atomic mass is 9.96. The number of hydrogen-bond donors (Lipinski definition) is 1. The second-order valence-electron chi connectivity index (χ2n) is 8.47. The zero-order chi connectivity index (χ0) is 24.6. The molecule has 4 rings (SSSR count). The van der Waals surface area contributed by atoms with Crippen LogP contribution < -0.4 is 24.4 Å². The topological polar surface area (TPSA) is 85.8 Å². The number of anilines is 1. The zero-order valence-electron chi connectivity index (χ0n) is 20.5. The molecular weight excluding hydrogens is 444 g/mol. The van der Waals surface area contributed by atoms with Crippen molar-refractivity contribution in [2.75, 3.05) is 32.2 Å². The number of rotatable bonds is 9. The van der Waals surface area contributed by atoms with E-state index in [1.54, 1.807) is 14.2 Å². The summed E-state index contributed by atoms with van der Waals surface area (Å²) >= 11 is 0. The summed E-state index contributed by atoms with van der Waals surface area (Å²) in [7, 11) is 3.23. The third kappa shape index (κ3) is 6.20. The second kappa shape index (κ2) is 11.6. The molecule has 184 valence electrons. The number of benzene rings is 2. The summed E-state index contributed by atoms with van der Waals surface area (Å²) in [6, 6.07) is 15.5. The van der Waals surface area contributed by atoms with E-state index in [4.69, 9.17) is 14.2 Å². The van der Waals surface area contributed by atoms with Gasteiger partial charge in [-0.15, -0.1) is 0 Å².